The van der Waals surface area contributed by atoms with Crippen LogP contribution in [0.25, 0.3) is 5.69 Å². The molecule has 0 unspecified atom stereocenters. The lowest BCUT2D eigenvalue weighted by Gasteiger charge is -2.20. The Kier molecular flexibility index (Phi) is 4.37. The zero-order chi connectivity index (χ0) is 16.5. The molecule has 0 aliphatic carbocycles. The number of carbonyl (C=O) groups excluding carboxylic acids is 1. The van der Waals surface area contributed by atoms with E-state index in [1.807, 2.05) is 24.3 Å². The van der Waals surface area contributed by atoms with Gasteiger partial charge in [0.25, 0.3) is 5.91 Å². The zero-order valence-electron chi connectivity index (χ0n) is 12.4. The first-order chi connectivity index (χ1) is 10.2. The molecule has 2 rings (SSSR count). The Morgan fingerprint density at radius 2 is 2.05 bits per heavy atom. The average molecular weight is 366 g/mol. The maximum atomic E-state index is 12.3. The Labute approximate surface area is 136 Å². The fraction of sp³-hybridized carbons (Fsp3) is 0.267. The van der Waals surface area contributed by atoms with Gasteiger partial charge in [0.15, 0.2) is 0 Å². The van der Waals surface area contributed by atoms with E-state index in [4.69, 9.17) is 5.11 Å². The highest BCUT2D eigenvalue weighted by Gasteiger charge is 2.30. The summed E-state index contributed by atoms with van der Waals surface area (Å²) in [6.45, 7) is 4.62. The minimum atomic E-state index is -1.35. The van der Waals surface area contributed by atoms with Gasteiger partial charge in [0.05, 0.1) is 23.1 Å². The van der Waals surface area contributed by atoms with E-state index in [9.17, 15) is 9.59 Å². The van der Waals surface area contributed by atoms with Crippen LogP contribution in [0.15, 0.2) is 34.9 Å². The highest BCUT2D eigenvalue weighted by molar-refractivity contribution is 9.10. The molecular formula is C15H16BrN3O3. The SMILES string of the molecule is Cc1c(C(=O)NC(C)(C)C(=O)O)cnn1-c1cccc(Br)c1. The molecule has 1 heterocycles. The number of halogens is 1. The molecule has 116 valence electrons. The van der Waals surface area contributed by atoms with Crippen molar-refractivity contribution < 1.29 is 14.7 Å². The van der Waals surface area contributed by atoms with Crippen molar-refractivity contribution >= 4 is 27.8 Å². The lowest BCUT2D eigenvalue weighted by Crippen LogP contribution is -2.49. The van der Waals surface area contributed by atoms with Gasteiger partial charge >= 0.3 is 5.97 Å². The van der Waals surface area contributed by atoms with Crippen molar-refractivity contribution in [3.8, 4) is 5.69 Å². The Morgan fingerprint density at radius 1 is 1.36 bits per heavy atom. The Balaban J connectivity index is 2.32. The lowest BCUT2D eigenvalue weighted by atomic mass is 10.1. The summed E-state index contributed by atoms with van der Waals surface area (Å²) >= 11 is 3.39. The summed E-state index contributed by atoms with van der Waals surface area (Å²) in [5.41, 5.74) is 0.441. The van der Waals surface area contributed by atoms with Gasteiger partial charge in [-0.1, -0.05) is 22.0 Å². The number of nitrogens with zero attached hydrogens (tertiary/aromatic N) is 2. The standard InChI is InChI=1S/C15H16BrN3O3/c1-9-12(13(20)18-15(2,3)14(21)22)8-17-19(9)11-6-4-5-10(16)7-11/h4-8H,1-3H3,(H,18,20)(H,21,22). The van der Waals surface area contributed by atoms with Gasteiger partial charge in [-0.25, -0.2) is 9.48 Å². The van der Waals surface area contributed by atoms with Crippen LogP contribution < -0.4 is 5.32 Å². The van der Waals surface area contributed by atoms with Gasteiger partial charge in [0, 0.05) is 4.47 Å². The van der Waals surface area contributed by atoms with E-state index in [0.717, 1.165) is 10.2 Å². The molecule has 0 bridgehead atoms. The Hall–Kier alpha value is -2.15. The van der Waals surface area contributed by atoms with Crippen molar-refractivity contribution in [2.75, 3.05) is 0 Å². The van der Waals surface area contributed by atoms with Crippen LogP contribution in [0.3, 0.4) is 0 Å². The number of carboxylic acids is 1. The van der Waals surface area contributed by atoms with E-state index < -0.39 is 17.4 Å². The van der Waals surface area contributed by atoms with Crippen molar-refractivity contribution in [2.45, 2.75) is 26.3 Å². The van der Waals surface area contributed by atoms with Crippen LogP contribution in [0.2, 0.25) is 0 Å². The first-order valence-electron chi connectivity index (χ1n) is 6.59. The van der Waals surface area contributed by atoms with Crippen LogP contribution in [-0.4, -0.2) is 32.3 Å². The monoisotopic (exact) mass is 365 g/mol. The molecule has 1 aromatic carbocycles. The van der Waals surface area contributed by atoms with Crippen LogP contribution in [0.4, 0.5) is 0 Å². The summed E-state index contributed by atoms with van der Waals surface area (Å²) in [6, 6.07) is 7.51. The number of aliphatic carboxylic acids is 1. The number of amides is 1. The predicted molar refractivity (Wildman–Crippen MR) is 85.2 cm³/mol. The number of carbonyl (C=O) groups is 2. The van der Waals surface area contributed by atoms with Gasteiger partial charge in [-0.05, 0) is 39.0 Å². The number of benzene rings is 1. The number of hydrogen-bond acceptors (Lipinski definition) is 3. The third kappa shape index (κ3) is 3.19. The second kappa shape index (κ2) is 5.92. The van der Waals surface area contributed by atoms with Crippen LogP contribution in [0.5, 0.6) is 0 Å². The van der Waals surface area contributed by atoms with Crippen LogP contribution in [0.1, 0.15) is 29.9 Å². The summed E-state index contributed by atoms with van der Waals surface area (Å²) < 4.78 is 2.53. The van der Waals surface area contributed by atoms with Gasteiger partial charge in [0.2, 0.25) is 0 Å². The number of nitrogens with one attached hydrogen (secondary N) is 1. The second-order valence-corrected chi connectivity index (χ2v) is 6.34. The average Bonchev–Trinajstić information content (AvgIpc) is 2.80. The van der Waals surface area contributed by atoms with Crippen molar-refractivity contribution in [2.24, 2.45) is 0 Å². The third-order valence-corrected chi connectivity index (χ3v) is 3.76. The van der Waals surface area contributed by atoms with Crippen molar-refractivity contribution in [1.29, 1.82) is 0 Å². The molecule has 0 aliphatic rings. The largest absolute Gasteiger partial charge is 0.480 e. The van der Waals surface area contributed by atoms with Gasteiger partial charge in [-0.2, -0.15) is 5.10 Å². The minimum absolute atomic E-state index is 0.342. The molecule has 2 N–H and O–H groups in total. The summed E-state index contributed by atoms with van der Waals surface area (Å²) in [5.74, 6) is -1.57. The number of aromatic nitrogens is 2. The van der Waals surface area contributed by atoms with Crippen LogP contribution in [-0.2, 0) is 4.79 Å². The molecule has 22 heavy (non-hydrogen) atoms. The molecule has 0 aliphatic heterocycles. The summed E-state index contributed by atoms with van der Waals surface area (Å²) in [5, 5.41) is 15.8. The summed E-state index contributed by atoms with van der Waals surface area (Å²) in [6.07, 6.45) is 1.43. The topological polar surface area (TPSA) is 84.2 Å². The number of rotatable bonds is 4. The van der Waals surface area contributed by atoms with Crippen molar-refractivity contribution in [3.63, 3.8) is 0 Å². The fourth-order valence-electron chi connectivity index (χ4n) is 1.91. The molecule has 6 nitrogen and oxygen atoms in total. The first kappa shape index (κ1) is 16.2. The Morgan fingerprint density at radius 3 is 2.64 bits per heavy atom. The maximum absolute atomic E-state index is 12.3. The van der Waals surface area contributed by atoms with Crippen LogP contribution >= 0.6 is 15.9 Å². The molecule has 0 fully saturated rings. The van der Waals surface area contributed by atoms with Gasteiger partial charge in [0.1, 0.15) is 5.54 Å². The van der Waals surface area contributed by atoms with Crippen molar-refractivity contribution in [3.05, 3.63) is 46.2 Å². The number of hydrogen-bond donors (Lipinski definition) is 2. The lowest BCUT2D eigenvalue weighted by molar-refractivity contribution is -0.143. The van der Waals surface area contributed by atoms with E-state index in [0.29, 0.717) is 11.3 Å². The molecular weight excluding hydrogens is 350 g/mol. The Bertz CT molecular complexity index is 737. The van der Waals surface area contributed by atoms with Gasteiger partial charge in [-0.15, -0.1) is 0 Å². The smallest absolute Gasteiger partial charge is 0.328 e. The van der Waals surface area contributed by atoms with Gasteiger partial charge in [-0.3, -0.25) is 4.79 Å². The first-order valence-corrected chi connectivity index (χ1v) is 7.38. The maximum Gasteiger partial charge on any atom is 0.328 e. The summed E-state index contributed by atoms with van der Waals surface area (Å²) in [7, 11) is 0. The molecule has 1 aromatic heterocycles. The summed E-state index contributed by atoms with van der Waals surface area (Å²) in [4.78, 5) is 23.4. The molecule has 7 heteroatoms. The second-order valence-electron chi connectivity index (χ2n) is 5.42. The van der Waals surface area contributed by atoms with E-state index in [1.54, 1.807) is 11.6 Å². The van der Waals surface area contributed by atoms with Crippen LogP contribution in [0, 0.1) is 6.92 Å². The molecule has 0 saturated carbocycles. The molecule has 1 amide bonds. The normalized spacial score (nSPS) is 11.3. The van der Waals surface area contributed by atoms with E-state index in [-0.39, 0.29) is 0 Å². The zero-order valence-corrected chi connectivity index (χ0v) is 14.0. The van der Waals surface area contributed by atoms with E-state index in [1.165, 1.54) is 20.0 Å². The minimum Gasteiger partial charge on any atom is -0.480 e. The van der Waals surface area contributed by atoms with Gasteiger partial charge < -0.3 is 10.4 Å². The molecule has 0 spiro atoms. The van der Waals surface area contributed by atoms with E-state index in [2.05, 4.69) is 26.3 Å². The third-order valence-electron chi connectivity index (χ3n) is 3.27. The quantitative estimate of drug-likeness (QED) is 0.871. The highest BCUT2D eigenvalue weighted by Crippen LogP contribution is 2.18. The highest BCUT2D eigenvalue weighted by atomic mass is 79.9. The number of carboxylic acid groups (broad SMARTS) is 1. The van der Waals surface area contributed by atoms with E-state index >= 15 is 0 Å². The molecule has 0 atom stereocenters. The molecule has 2 aromatic rings. The molecule has 0 saturated heterocycles. The van der Waals surface area contributed by atoms with Crippen molar-refractivity contribution in [1.82, 2.24) is 15.1 Å². The fourth-order valence-corrected chi connectivity index (χ4v) is 2.29. The predicted octanol–water partition coefficient (Wildman–Crippen LogP) is 2.54. The molecule has 0 radical (unpaired) electrons.